The van der Waals surface area contributed by atoms with Gasteiger partial charge >= 0.3 is 0 Å². The van der Waals surface area contributed by atoms with Crippen LogP contribution < -0.4 is 32.9 Å². The Kier molecular flexibility index (Phi) is 8.18. The molecule has 0 spiro atoms. The van der Waals surface area contributed by atoms with E-state index in [9.17, 15) is 0 Å². The molecule has 0 fully saturated rings. The van der Waals surface area contributed by atoms with Gasteiger partial charge in [-0.2, -0.15) is 0 Å². The molecule has 0 heterocycles. The number of hydrogen-bond acceptors (Lipinski definition) is 0. The van der Waals surface area contributed by atoms with Gasteiger partial charge in [-0.25, -0.2) is 0 Å². The molecule has 0 bridgehead atoms. The average Bonchev–Trinajstić information content (AvgIpc) is 2.89. The van der Waals surface area contributed by atoms with E-state index in [2.05, 4.69) is 133 Å². The second-order valence-electron chi connectivity index (χ2n) is 11.3. The minimum Gasteiger partial charge on any atom is -1.00 e. The number of benzene rings is 4. The van der Waals surface area contributed by atoms with Crippen molar-refractivity contribution in [2.45, 2.75) is 71.9 Å². The summed E-state index contributed by atoms with van der Waals surface area (Å²) < 4.78 is 0. The molecule has 1 aliphatic rings. The molecule has 1 aliphatic carbocycles. The third kappa shape index (κ3) is 4.53. The third-order valence-electron chi connectivity index (χ3n) is 8.89. The highest BCUT2D eigenvalue weighted by Crippen LogP contribution is 2.67. The van der Waals surface area contributed by atoms with Crippen LogP contribution in [0.15, 0.2) is 91.0 Å². The van der Waals surface area contributed by atoms with Gasteiger partial charge in [-0.3, -0.25) is 0 Å². The highest BCUT2D eigenvalue weighted by molar-refractivity contribution is 7.96. The molecule has 0 nitrogen and oxygen atoms in total. The molecular weight excluding hydrogens is 531 g/mol. The maximum atomic E-state index is 2.52. The van der Waals surface area contributed by atoms with Crippen LogP contribution in [0.4, 0.5) is 0 Å². The Balaban J connectivity index is 0.00000320. The van der Waals surface area contributed by atoms with Crippen molar-refractivity contribution in [2.24, 2.45) is 0 Å². The van der Waals surface area contributed by atoms with Gasteiger partial charge in [0.2, 0.25) is 0 Å². The number of rotatable bonds is 5. The van der Waals surface area contributed by atoms with Crippen molar-refractivity contribution in [1.82, 2.24) is 0 Å². The Bertz CT molecular complexity index is 1260. The summed E-state index contributed by atoms with van der Waals surface area (Å²) in [7, 11) is -2.01. The largest absolute Gasteiger partial charge is 1.00 e. The fourth-order valence-electron chi connectivity index (χ4n) is 7.24. The molecule has 4 aromatic rings. The topological polar surface area (TPSA) is 0 Å². The zero-order valence-corrected chi connectivity index (χ0v) is 25.7. The van der Waals surface area contributed by atoms with Crippen LogP contribution in [-0.4, -0.2) is 0 Å². The summed E-state index contributed by atoms with van der Waals surface area (Å²) in [5, 5.41) is 4.39. The lowest BCUT2D eigenvalue weighted by Crippen LogP contribution is -3.00. The standard InChI is InChI=1S/C35H40P.BrH/c1-25-26(2)34-32(23-16-24-35(34,5)6)27(3)33(25)28(4)36(29-17-10-7-11-18-29,30-19-12-8-13-20-30)31-21-14-9-15-22-31;/h7-15,17-22,28H,16,23-24H2,1-6H3;1H/q+1;/p-1. The molecule has 0 aliphatic heterocycles. The van der Waals surface area contributed by atoms with Crippen molar-refractivity contribution in [3.63, 3.8) is 0 Å². The first-order chi connectivity index (χ1) is 17.3. The van der Waals surface area contributed by atoms with E-state index in [1.165, 1.54) is 46.3 Å². The molecule has 0 aromatic heterocycles. The number of halogens is 1. The van der Waals surface area contributed by atoms with Crippen LogP contribution in [-0.2, 0) is 11.8 Å². The predicted molar refractivity (Wildman–Crippen MR) is 160 cm³/mol. The molecule has 0 amide bonds. The number of hydrogen-bond donors (Lipinski definition) is 0. The van der Waals surface area contributed by atoms with Crippen LogP contribution in [0.25, 0.3) is 0 Å². The van der Waals surface area contributed by atoms with Gasteiger partial charge in [-0.05, 0) is 122 Å². The normalized spacial score (nSPS) is 15.4. The molecule has 192 valence electrons. The Labute approximate surface area is 235 Å². The van der Waals surface area contributed by atoms with E-state index >= 15 is 0 Å². The van der Waals surface area contributed by atoms with Crippen molar-refractivity contribution >= 4 is 23.2 Å². The lowest BCUT2D eigenvalue weighted by Gasteiger charge is -2.40. The van der Waals surface area contributed by atoms with Crippen LogP contribution in [0.3, 0.4) is 0 Å². The van der Waals surface area contributed by atoms with Gasteiger partial charge < -0.3 is 17.0 Å². The molecule has 0 saturated heterocycles. The summed E-state index contributed by atoms with van der Waals surface area (Å²) in [6.45, 7) is 14.6. The average molecular weight is 572 g/mol. The van der Waals surface area contributed by atoms with Gasteiger partial charge in [0.15, 0.2) is 0 Å². The van der Waals surface area contributed by atoms with E-state index in [4.69, 9.17) is 0 Å². The van der Waals surface area contributed by atoms with E-state index in [1.807, 2.05) is 0 Å². The fourth-order valence-corrected chi connectivity index (χ4v) is 12.2. The van der Waals surface area contributed by atoms with Gasteiger partial charge in [0.25, 0.3) is 0 Å². The smallest absolute Gasteiger partial charge is 0.119 e. The first-order valence-corrected chi connectivity index (χ1v) is 15.3. The zero-order chi connectivity index (χ0) is 25.5. The third-order valence-corrected chi connectivity index (χ3v) is 13.7. The van der Waals surface area contributed by atoms with E-state index in [-0.39, 0.29) is 22.4 Å². The van der Waals surface area contributed by atoms with Gasteiger partial charge in [-0.15, -0.1) is 0 Å². The van der Waals surface area contributed by atoms with Crippen LogP contribution in [0.2, 0.25) is 0 Å². The van der Waals surface area contributed by atoms with Gasteiger partial charge in [0.05, 0.1) is 0 Å². The Morgan fingerprint density at radius 1 is 0.649 bits per heavy atom. The Morgan fingerprint density at radius 2 is 1.08 bits per heavy atom. The molecule has 4 aromatic carbocycles. The predicted octanol–water partition coefficient (Wildman–Crippen LogP) is 5.28. The van der Waals surface area contributed by atoms with Crippen molar-refractivity contribution in [1.29, 1.82) is 0 Å². The van der Waals surface area contributed by atoms with Crippen molar-refractivity contribution in [3.8, 4) is 0 Å². The summed E-state index contributed by atoms with van der Waals surface area (Å²) in [6.07, 6.45) is 3.77. The van der Waals surface area contributed by atoms with Crippen LogP contribution in [0.1, 0.15) is 72.7 Å². The van der Waals surface area contributed by atoms with Crippen LogP contribution in [0, 0.1) is 20.8 Å². The molecule has 5 rings (SSSR count). The second-order valence-corrected chi connectivity index (χ2v) is 15.1. The minimum atomic E-state index is -2.01. The minimum absolute atomic E-state index is 0. The van der Waals surface area contributed by atoms with Gasteiger partial charge in [0, 0.05) is 0 Å². The van der Waals surface area contributed by atoms with Crippen molar-refractivity contribution in [3.05, 3.63) is 124 Å². The van der Waals surface area contributed by atoms with E-state index in [0.29, 0.717) is 5.66 Å². The van der Waals surface area contributed by atoms with Gasteiger partial charge in [-0.1, -0.05) is 68.4 Å². The lowest BCUT2D eigenvalue weighted by atomic mass is 9.68. The SMILES string of the molecule is Cc1c(C)c2c(c(C)c1C(C)[P+](c1ccccc1)(c1ccccc1)c1ccccc1)CCCC2(C)C.[Br-]. The maximum Gasteiger partial charge on any atom is 0.119 e. The molecule has 1 atom stereocenters. The monoisotopic (exact) mass is 570 g/mol. The summed E-state index contributed by atoms with van der Waals surface area (Å²) in [4.78, 5) is 0. The summed E-state index contributed by atoms with van der Waals surface area (Å²) in [5.41, 5.74) is 10.0. The van der Waals surface area contributed by atoms with Crippen LogP contribution in [0.5, 0.6) is 0 Å². The quantitative estimate of drug-likeness (QED) is 0.286. The maximum absolute atomic E-state index is 2.52. The first kappa shape index (κ1) is 27.8. The molecule has 0 radical (unpaired) electrons. The highest BCUT2D eigenvalue weighted by atomic mass is 79.9. The van der Waals surface area contributed by atoms with Crippen molar-refractivity contribution in [2.75, 3.05) is 0 Å². The van der Waals surface area contributed by atoms with Gasteiger partial charge in [0.1, 0.15) is 28.8 Å². The second kappa shape index (κ2) is 10.9. The molecule has 37 heavy (non-hydrogen) atoms. The van der Waals surface area contributed by atoms with E-state index in [0.717, 1.165) is 0 Å². The summed E-state index contributed by atoms with van der Waals surface area (Å²) in [6, 6.07) is 34.1. The summed E-state index contributed by atoms with van der Waals surface area (Å²) >= 11 is 0. The van der Waals surface area contributed by atoms with Crippen LogP contribution >= 0.6 is 7.26 Å². The molecule has 1 unspecified atom stereocenters. The molecule has 0 saturated carbocycles. The molecular formula is C35H40BrP. The first-order valence-electron chi connectivity index (χ1n) is 13.5. The Morgan fingerprint density at radius 3 is 1.51 bits per heavy atom. The fraction of sp³-hybridized carbons (Fsp3) is 0.314. The summed E-state index contributed by atoms with van der Waals surface area (Å²) in [5.74, 6) is 0. The zero-order valence-electron chi connectivity index (χ0n) is 23.2. The lowest BCUT2D eigenvalue weighted by molar-refractivity contribution is -0.00000770. The van der Waals surface area contributed by atoms with E-state index < -0.39 is 7.26 Å². The number of fused-ring (bicyclic) bond motifs is 1. The van der Waals surface area contributed by atoms with E-state index in [1.54, 1.807) is 22.3 Å². The van der Waals surface area contributed by atoms with Crippen molar-refractivity contribution < 1.29 is 17.0 Å². The molecule has 0 N–H and O–H groups in total. The highest BCUT2D eigenvalue weighted by Gasteiger charge is 2.52. The Hall–Kier alpha value is -2.21. The molecule has 2 heteroatoms.